The summed E-state index contributed by atoms with van der Waals surface area (Å²) in [6, 6.07) is 13.7. The highest BCUT2D eigenvalue weighted by Gasteiger charge is 2.35. The summed E-state index contributed by atoms with van der Waals surface area (Å²) in [6.45, 7) is 1.03. The molecule has 25 heavy (non-hydrogen) atoms. The molecule has 3 rings (SSSR count). The van der Waals surface area contributed by atoms with E-state index in [0.29, 0.717) is 13.1 Å². The number of hydrazine groups is 1. The van der Waals surface area contributed by atoms with Crippen molar-refractivity contribution in [2.75, 3.05) is 20.7 Å². The zero-order valence-corrected chi connectivity index (χ0v) is 14.3. The molecule has 6 heteroatoms. The summed E-state index contributed by atoms with van der Waals surface area (Å²) in [6.07, 6.45) is 0. The molecule has 2 aromatic rings. The summed E-state index contributed by atoms with van der Waals surface area (Å²) < 4.78 is 18.4. The minimum Gasteiger partial charge on any atom is -0.497 e. The Morgan fingerprint density at radius 1 is 1.28 bits per heavy atom. The molecule has 1 heterocycles. The maximum atomic E-state index is 13.1. The zero-order valence-electron chi connectivity index (χ0n) is 14.3. The first kappa shape index (κ1) is 17.4. The summed E-state index contributed by atoms with van der Waals surface area (Å²) in [5.74, 6) is 0.273. The number of methoxy groups -OCH3 is 1. The average Bonchev–Trinajstić information content (AvgIpc) is 3.11. The predicted molar refractivity (Wildman–Crippen MR) is 93.2 cm³/mol. The van der Waals surface area contributed by atoms with Crippen molar-refractivity contribution in [3.63, 3.8) is 0 Å². The van der Waals surface area contributed by atoms with Gasteiger partial charge < -0.3 is 9.64 Å². The van der Waals surface area contributed by atoms with Crippen molar-refractivity contribution in [3.8, 4) is 5.75 Å². The third kappa shape index (κ3) is 3.97. The van der Waals surface area contributed by atoms with Gasteiger partial charge in [0, 0.05) is 20.1 Å². The van der Waals surface area contributed by atoms with Crippen LogP contribution in [0.25, 0.3) is 0 Å². The smallest absolute Gasteiger partial charge is 0.229 e. The monoisotopic (exact) mass is 343 g/mol. The zero-order chi connectivity index (χ0) is 17.8. The predicted octanol–water partition coefficient (Wildman–Crippen LogP) is 2.26. The molecule has 0 bridgehead atoms. The minimum atomic E-state index is -0.285. The van der Waals surface area contributed by atoms with Crippen LogP contribution in [0.15, 0.2) is 48.5 Å². The second-order valence-corrected chi connectivity index (χ2v) is 6.21. The van der Waals surface area contributed by atoms with Crippen LogP contribution in [0.1, 0.15) is 17.2 Å². The fourth-order valence-corrected chi connectivity index (χ4v) is 3.12. The molecule has 2 atom stereocenters. The van der Waals surface area contributed by atoms with Gasteiger partial charge in [0.15, 0.2) is 0 Å². The van der Waals surface area contributed by atoms with Gasteiger partial charge in [0.2, 0.25) is 5.91 Å². The highest BCUT2D eigenvalue weighted by atomic mass is 19.1. The van der Waals surface area contributed by atoms with E-state index in [1.54, 1.807) is 31.2 Å². The number of carbonyl (C=O) groups is 1. The summed E-state index contributed by atoms with van der Waals surface area (Å²) in [4.78, 5) is 14.6. The first-order valence-electron chi connectivity index (χ1n) is 8.20. The second kappa shape index (κ2) is 7.63. The third-order valence-electron chi connectivity index (χ3n) is 4.46. The van der Waals surface area contributed by atoms with Gasteiger partial charge in [-0.3, -0.25) is 10.2 Å². The van der Waals surface area contributed by atoms with Crippen LogP contribution in [0, 0.1) is 11.7 Å². The van der Waals surface area contributed by atoms with Gasteiger partial charge in [-0.15, -0.1) is 0 Å². The Labute approximate surface area is 146 Å². The van der Waals surface area contributed by atoms with E-state index in [1.165, 1.54) is 12.1 Å². The van der Waals surface area contributed by atoms with Crippen LogP contribution in [0.2, 0.25) is 0 Å². The van der Waals surface area contributed by atoms with Gasteiger partial charge in [0.1, 0.15) is 11.6 Å². The van der Waals surface area contributed by atoms with E-state index in [9.17, 15) is 9.18 Å². The van der Waals surface area contributed by atoms with Crippen LogP contribution in [-0.2, 0) is 11.3 Å². The molecule has 1 aliphatic rings. The van der Waals surface area contributed by atoms with E-state index < -0.39 is 0 Å². The molecular weight excluding hydrogens is 321 g/mol. The van der Waals surface area contributed by atoms with Gasteiger partial charge in [-0.2, -0.15) is 0 Å². The van der Waals surface area contributed by atoms with E-state index in [0.717, 1.165) is 16.9 Å². The Morgan fingerprint density at radius 2 is 2.04 bits per heavy atom. The number of hydrogen-bond acceptors (Lipinski definition) is 4. The quantitative estimate of drug-likeness (QED) is 0.874. The second-order valence-electron chi connectivity index (χ2n) is 6.21. The number of rotatable bonds is 5. The first-order valence-corrected chi connectivity index (χ1v) is 8.20. The largest absolute Gasteiger partial charge is 0.497 e. The lowest BCUT2D eigenvalue weighted by Gasteiger charge is -2.24. The van der Waals surface area contributed by atoms with Crippen molar-refractivity contribution >= 4 is 5.91 Å². The van der Waals surface area contributed by atoms with Crippen LogP contribution in [0.4, 0.5) is 4.39 Å². The molecular formula is C19H22FN3O2. The Balaban J connectivity index is 1.71. The molecule has 2 N–H and O–H groups in total. The summed E-state index contributed by atoms with van der Waals surface area (Å²) in [7, 11) is 3.42. The standard InChI is InChI=1S/C19H22FN3O2/c1-23(12-13-4-3-5-16(10-13)25-2)19(24)17-11-21-22-18(17)14-6-8-15(20)9-7-14/h3-10,17-18,21-22H,11-12H2,1-2H3. The topological polar surface area (TPSA) is 53.6 Å². The molecule has 1 aliphatic heterocycles. The molecule has 0 saturated carbocycles. The number of nitrogens with zero attached hydrogens (tertiary/aromatic N) is 1. The molecule has 1 saturated heterocycles. The third-order valence-corrected chi connectivity index (χ3v) is 4.46. The fraction of sp³-hybridized carbons (Fsp3) is 0.316. The molecule has 0 spiro atoms. The molecule has 1 amide bonds. The molecule has 5 nitrogen and oxygen atoms in total. The Kier molecular flexibility index (Phi) is 5.31. The van der Waals surface area contributed by atoms with Gasteiger partial charge in [-0.05, 0) is 35.4 Å². The molecule has 0 aliphatic carbocycles. The number of hydrogen-bond donors (Lipinski definition) is 2. The van der Waals surface area contributed by atoms with Crippen LogP contribution >= 0.6 is 0 Å². The van der Waals surface area contributed by atoms with Crippen molar-refractivity contribution in [2.45, 2.75) is 12.6 Å². The summed E-state index contributed by atoms with van der Waals surface area (Å²) in [5.41, 5.74) is 8.06. The first-order chi connectivity index (χ1) is 12.1. The van der Waals surface area contributed by atoms with Crippen molar-refractivity contribution in [1.82, 2.24) is 15.8 Å². The molecule has 2 unspecified atom stereocenters. The Hall–Kier alpha value is -2.44. The van der Waals surface area contributed by atoms with Crippen molar-refractivity contribution in [2.24, 2.45) is 5.92 Å². The number of halogens is 1. The van der Waals surface area contributed by atoms with Crippen LogP contribution < -0.4 is 15.6 Å². The normalized spacial score (nSPS) is 19.6. The summed E-state index contributed by atoms with van der Waals surface area (Å²) >= 11 is 0. The molecule has 0 aromatic heterocycles. The Bertz CT molecular complexity index is 736. The Morgan fingerprint density at radius 3 is 2.76 bits per heavy atom. The van der Waals surface area contributed by atoms with Crippen molar-refractivity contribution in [3.05, 3.63) is 65.5 Å². The minimum absolute atomic E-state index is 0.0367. The van der Waals surface area contributed by atoms with Gasteiger partial charge >= 0.3 is 0 Å². The maximum absolute atomic E-state index is 13.1. The molecule has 1 fully saturated rings. The fourth-order valence-electron chi connectivity index (χ4n) is 3.12. The highest BCUT2D eigenvalue weighted by molar-refractivity contribution is 5.80. The van der Waals surface area contributed by atoms with Crippen LogP contribution in [-0.4, -0.2) is 31.5 Å². The number of carbonyl (C=O) groups excluding carboxylic acids is 1. The van der Waals surface area contributed by atoms with Crippen LogP contribution in [0.3, 0.4) is 0 Å². The lowest BCUT2D eigenvalue weighted by atomic mass is 9.93. The number of benzene rings is 2. The number of nitrogens with one attached hydrogen (secondary N) is 2. The lowest BCUT2D eigenvalue weighted by Crippen LogP contribution is -2.36. The number of ether oxygens (including phenoxy) is 1. The van der Waals surface area contributed by atoms with E-state index in [2.05, 4.69) is 10.9 Å². The highest BCUT2D eigenvalue weighted by Crippen LogP contribution is 2.27. The summed E-state index contributed by atoms with van der Waals surface area (Å²) in [5, 5.41) is 0. The van der Waals surface area contributed by atoms with E-state index in [4.69, 9.17) is 4.74 Å². The lowest BCUT2D eigenvalue weighted by molar-refractivity contribution is -0.134. The molecule has 0 radical (unpaired) electrons. The molecule has 2 aromatic carbocycles. The van der Waals surface area contributed by atoms with Gasteiger partial charge in [-0.25, -0.2) is 9.82 Å². The van der Waals surface area contributed by atoms with E-state index in [1.807, 2.05) is 24.3 Å². The SMILES string of the molecule is COc1cccc(CN(C)C(=O)C2CNNC2c2ccc(F)cc2)c1. The van der Waals surface area contributed by atoms with Crippen molar-refractivity contribution < 1.29 is 13.9 Å². The van der Waals surface area contributed by atoms with Crippen molar-refractivity contribution in [1.29, 1.82) is 0 Å². The number of amides is 1. The van der Waals surface area contributed by atoms with Crippen LogP contribution in [0.5, 0.6) is 5.75 Å². The maximum Gasteiger partial charge on any atom is 0.229 e. The molecule has 132 valence electrons. The average molecular weight is 343 g/mol. The van der Waals surface area contributed by atoms with Gasteiger partial charge in [0.05, 0.1) is 19.1 Å². The van der Waals surface area contributed by atoms with E-state index >= 15 is 0 Å². The van der Waals surface area contributed by atoms with Gasteiger partial charge in [0.25, 0.3) is 0 Å². The van der Waals surface area contributed by atoms with E-state index in [-0.39, 0.29) is 23.7 Å². The van der Waals surface area contributed by atoms with Gasteiger partial charge in [-0.1, -0.05) is 24.3 Å².